The van der Waals surface area contributed by atoms with Crippen LogP contribution in [0.25, 0.3) is 22.0 Å². The first-order valence-corrected chi connectivity index (χ1v) is 11.5. The molecule has 1 heterocycles. The lowest BCUT2D eigenvalue weighted by Crippen LogP contribution is -2.29. The molecule has 5 rings (SSSR count). The largest absolute Gasteiger partial charge is 0.573 e. The van der Waals surface area contributed by atoms with Crippen molar-refractivity contribution in [3.63, 3.8) is 0 Å². The zero-order chi connectivity index (χ0) is 27.2. The van der Waals surface area contributed by atoms with Crippen LogP contribution in [0.4, 0.5) is 23.2 Å². The van der Waals surface area contributed by atoms with Crippen molar-refractivity contribution in [3.8, 4) is 16.9 Å². The van der Waals surface area contributed by atoms with Crippen molar-refractivity contribution in [2.75, 3.05) is 12.4 Å². The number of nitrogens with zero attached hydrogens (tertiary/aromatic N) is 2. The Morgan fingerprint density at radius 3 is 2.47 bits per heavy atom. The number of halogens is 4. The highest BCUT2D eigenvalue weighted by Gasteiger charge is 2.53. The number of benzene rings is 3. The molecular weight excluding hydrogens is 506 g/mol. The van der Waals surface area contributed by atoms with E-state index in [0.717, 1.165) is 28.6 Å². The number of hydrogen-bond donors (Lipinski definition) is 1. The van der Waals surface area contributed by atoms with E-state index >= 15 is 0 Å². The monoisotopic (exact) mass is 527 g/mol. The van der Waals surface area contributed by atoms with Crippen molar-refractivity contribution >= 4 is 28.5 Å². The number of alkyl halides is 3. The van der Waals surface area contributed by atoms with Crippen LogP contribution in [-0.2, 0) is 22.0 Å². The SMILES string of the molecule is COC(=O)c1cc(NC(=O)C2(c3ccc(OC(F)(F)F)cc3F)CC2)ccc1-c1ccc2cnn(C)c2c1. The second kappa shape index (κ2) is 9.16. The lowest BCUT2D eigenvalue weighted by Gasteiger charge is -2.18. The normalized spacial score (nSPS) is 14.3. The lowest BCUT2D eigenvalue weighted by atomic mass is 9.93. The van der Waals surface area contributed by atoms with Crippen LogP contribution in [0.5, 0.6) is 5.75 Å². The second-order valence-electron chi connectivity index (χ2n) is 9.02. The van der Waals surface area contributed by atoms with Crippen molar-refractivity contribution in [1.29, 1.82) is 0 Å². The Labute approximate surface area is 214 Å². The molecule has 0 spiro atoms. The number of aryl methyl sites for hydroxylation is 1. The fourth-order valence-corrected chi connectivity index (χ4v) is 4.54. The molecule has 1 saturated carbocycles. The summed E-state index contributed by atoms with van der Waals surface area (Å²) in [5, 5.41) is 7.87. The molecule has 1 amide bonds. The van der Waals surface area contributed by atoms with Crippen LogP contribution >= 0.6 is 0 Å². The zero-order valence-electron chi connectivity index (χ0n) is 20.2. The van der Waals surface area contributed by atoms with Gasteiger partial charge in [0.2, 0.25) is 5.91 Å². The number of esters is 1. The summed E-state index contributed by atoms with van der Waals surface area (Å²) in [6.45, 7) is 0. The standard InChI is InChI=1S/C27H21F4N3O4/c1-34-23-11-15(3-4-16(23)14-32-34)19-7-5-17(12-20(19)24(35)37-2)33-25(36)26(9-10-26)21-8-6-18(13-22(21)28)38-27(29,30)31/h3-8,11-14H,9-10H2,1-2H3,(H,33,36). The Balaban J connectivity index is 1.43. The molecule has 3 aromatic carbocycles. The third-order valence-electron chi connectivity index (χ3n) is 6.62. The summed E-state index contributed by atoms with van der Waals surface area (Å²) in [4.78, 5) is 25.8. The van der Waals surface area contributed by atoms with E-state index in [1.165, 1.54) is 13.2 Å². The highest BCUT2D eigenvalue weighted by molar-refractivity contribution is 6.04. The molecule has 0 unspecified atom stereocenters. The van der Waals surface area contributed by atoms with Crippen LogP contribution in [0.15, 0.2) is 60.8 Å². The number of methoxy groups -OCH3 is 1. The van der Waals surface area contributed by atoms with Crippen LogP contribution in [-0.4, -0.2) is 35.1 Å². The molecule has 11 heteroatoms. The Bertz CT molecular complexity index is 1570. The number of carbonyl (C=O) groups is 2. The predicted molar refractivity (Wildman–Crippen MR) is 130 cm³/mol. The summed E-state index contributed by atoms with van der Waals surface area (Å²) in [5.74, 6) is -2.84. The molecule has 0 atom stereocenters. The molecule has 38 heavy (non-hydrogen) atoms. The first-order chi connectivity index (χ1) is 18.0. The Kier molecular flexibility index (Phi) is 6.09. The van der Waals surface area contributed by atoms with Crippen LogP contribution in [0.1, 0.15) is 28.8 Å². The highest BCUT2D eigenvalue weighted by atomic mass is 19.4. The molecule has 4 aromatic rings. The first-order valence-electron chi connectivity index (χ1n) is 11.5. The van der Waals surface area contributed by atoms with Gasteiger partial charge in [0.15, 0.2) is 0 Å². The Morgan fingerprint density at radius 2 is 1.82 bits per heavy atom. The number of aromatic nitrogens is 2. The topological polar surface area (TPSA) is 82.4 Å². The summed E-state index contributed by atoms with van der Waals surface area (Å²) in [6.07, 6.45) is -2.62. The van der Waals surface area contributed by atoms with Crippen molar-refractivity contribution in [2.45, 2.75) is 24.6 Å². The fraction of sp³-hybridized carbons (Fsp3) is 0.222. The number of rotatable bonds is 6. The number of anilines is 1. The fourth-order valence-electron chi connectivity index (χ4n) is 4.54. The smallest absolute Gasteiger partial charge is 0.465 e. The number of nitrogens with one attached hydrogen (secondary N) is 1. The lowest BCUT2D eigenvalue weighted by molar-refractivity contribution is -0.274. The van der Waals surface area contributed by atoms with E-state index in [-0.39, 0.29) is 16.8 Å². The summed E-state index contributed by atoms with van der Waals surface area (Å²) < 4.78 is 62.6. The number of fused-ring (bicyclic) bond motifs is 1. The van der Waals surface area contributed by atoms with Gasteiger partial charge in [-0.2, -0.15) is 5.10 Å². The minimum absolute atomic E-state index is 0.0289. The maximum absolute atomic E-state index is 14.7. The quantitative estimate of drug-likeness (QED) is 0.256. The Hall–Kier alpha value is -4.41. The Morgan fingerprint density at radius 1 is 1.05 bits per heavy atom. The van der Waals surface area contributed by atoms with Crippen LogP contribution in [0.2, 0.25) is 0 Å². The molecule has 0 saturated heterocycles. The van der Waals surface area contributed by atoms with Crippen LogP contribution < -0.4 is 10.1 Å². The van der Waals surface area contributed by atoms with Gasteiger partial charge in [-0.3, -0.25) is 9.48 Å². The van der Waals surface area contributed by atoms with Crippen molar-refractivity contribution in [3.05, 3.63) is 77.7 Å². The van der Waals surface area contributed by atoms with Gasteiger partial charge in [0.25, 0.3) is 0 Å². The summed E-state index contributed by atoms with van der Waals surface area (Å²) >= 11 is 0. The number of ether oxygens (including phenoxy) is 2. The van der Waals surface area contributed by atoms with Gasteiger partial charge in [-0.25, -0.2) is 9.18 Å². The van der Waals surface area contributed by atoms with Gasteiger partial charge in [0.1, 0.15) is 11.6 Å². The number of amides is 1. The van der Waals surface area contributed by atoms with Gasteiger partial charge >= 0.3 is 12.3 Å². The maximum atomic E-state index is 14.7. The molecule has 1 aliphatic carbocycles. The summed E-state index contributed by atoms with van der Waals surface area (Å²) in [6, 6.07) is 13.1. The van der Waals surface area contributed by atoms with E-state index in [0.29, 0.717) is 24.5 Å². The molecule has 1 aliphatic rings. The minimum atomic E-state index is -4.96. The van der Waals surface area contributed by atoms with Crippen LogP contribution in [0.3, 0.4) is 0 Å². The van der Waals surface area contributed by atoms with Crippen LogP contribution in [0, 0.1) is 5.82 Å². The van der Waals surface area contributed by atoms with Crippen molar-refractivity contribution in [2.24, 2.45) is 7.05 Å². The van der Waals surface area contributed by atoms with E-state index in [2.05, 4.69) is 15.2 Å². The third-order valence-corrected chi connectivity index (χ3v) is 6.62. The number of hydrogen-bond acceptors (Lipinski definition) is 5. The minimum Gasteiger partial charge on any atom is -0.465 e. The molecule has 0 aliphatic heterocycles. The van der Waals surface area contributed by atoms with E-state index in [1.54, 1.807) is 30.1 Å². The third kappa shape index (κ3) is 4.67. The summed E-state index contributed by atoms with van der Waals surface area (Å²) in [5.41, 5.74) is 1.39. The van der Waals surface area contributed by atoms with Gasteiger partial charge < -0.3 is 14.8 Å². The first kappa shape index (κ1) is 25.2. The van der Waals surface area contributed by atoms with Gasteiger partial charge in [-0.1, -0.05) is 24.3 Å². The highest BCUT2D eigenvalue weighted by Crippen LogP contribution is 2.50. The van der Waals surface area contributed by atoms with Gasteiger partial charge in [0, 0.05) is 29.8 Å². The predicted octanol–water partition coefficient (Wildman–Crippen LogP) is 5.73. The van der Waals surface area contributed by atoms with Gasteiger partial charge in [-0.05, 0) is 48.2 Å². The molecular formula is C27H21F4N3O4. The van der Waals surface area contributed by atoms with Crippen molar-refractivity contribution in [1.82, 2.24) is 9.78 Å². The molecule has 196 valence electrons. The van der Waals surface area contributed by atoms with Gasteiger partial charge in [-0.15, -0.1) is 13.2 Å². The van der Waals surface area contributed by atoms with Gasteiger partial charge in [0.05, 0.1) is 29.8 Å². The average molecular weight is 527 g/mol. The molecule has 0 radical (unpaired) electrons. The maximum Gasteiger partial charge on any atom is 0.573 e. The van der Waals surface area contributed by atoms with Crippen molar-refractivity contribution < 1.29 is 36.6 Å². The average Bonchev–Trinajstić information content (AvgIpc) is 3.60. The molecule has 1 fully saturated rings. The molecule has 7 nitrogen and oxygen atoms in total. The zero-order valence-corrected chi connectivity index (χ0v) is 20.2. The van der Waals surface area contributed by atoms with E-state index in [1.807, 2.05) is 18.2 Å². The molecule has 1 aromatic heterocycles. The van der Waals surface area contributed by atoms with E-state index in [4.69, 9.17) is 4.74 Å². The molecule has 0 bridgehead atoms. The summed E-state index contributed by atoms with van der Waals surface area (Å²) in [7, 11) is 3.05. The van der Waals surface area contributed by atoms with E-state index in [9.17, 15) is 27.2 Å². The van der Waals surface area contributed by atoms with E-state index < -0.39 is 35.2 Å². The molecule has 1 N–H and O–H groups in total. The second-order valence-corrected chi connectivity index (χ2v) is 9.02. The number of carbonyl (C=O) groups excluding carboxylic acids is 2.